The number of carbonyl (C=O) groups excluding carboxylic acids is 1. The molecule has 0 aliphatic heterocycles. The van der Waals surface area contributed by atoms with Crippen molar-refractivity contribution in [2.75, 3.05) is 5.32 Å². The lowest BCUT2D eigenvalue weighted by Gasteiger charge is -2.16. The van der Waals surface area contributed by atoms with Gasteiger partial charge < -0.3 is 11.1 Å². The number of anilines is 1. The van der Waals surface area contributed by atoms with Crippen molar-refractivity contribution < 1.29 is 4.79 Å². The first-order valence-electron chi connectivity index (χ1n) is 4.93. The van der Waals surface area contributed by atoms with Gasteiger partial charge in [0.05, 0.1) is 11.7 Å². The Kier molecular flexibility index (Phi) is 4.77. The molecule has 0 spiro atoms. The summed E-state index contributed by atoms with van der Waals surface area (Å²) in [6, 6.07) is 4.67. The zero-order valence-corrected chi connectivity index (χ0v) is 11.5. The van der Waals surface area contributed by atoms with Crippen molar-refractivity contribution >= 4 is 39.1 Å². The molecule has 0 heterocycles. The Balaban J connectivity index is 2.80. The summed E-state index contributed by atoms with van der Waals surface area (Å²) in [6.07, 6.45) is 0. The molecule has 1 rings (SSSR count). The number of hydrogen-bond acceptors (Lipinski definition) is 2. The van der Waals surface area contributed by atoms with Gasteiger partial charge in [-0.1, -0.05) is 25.4 Å². The van der Waals surface area contributed by atoms with Crippen LogP contribution in [0.25, 0.3) is 0 Å². The third-order valence-corrected chi connectivity index (χ3v) is 3.13. The fraction of sp³-hybridized carbons (Fsp3) is 0.364. The van der Waals surface area contributed by atoms with E-state index in [1.807, 2.05) is 13.8 Å². The molecule has 0 fully saturated rings. The Morgan fingerprint density at radius 2 is 2.12 bits per heavy atom. The Hall–Kier alpha value is -0.580. The van der Waals surface area contributed by atoms with Gasteiger partial charge in [-0.05, 0) is 40.0 Å². The Morgan fingerprint density at radius 1 is 1.50 bits per heavy atom. The largest absolute Gasteiger partial charge is 0.324 e. The summed E-state index contributed by atoms with van der Waals surface area (Å²) in [5.41, 5.74) is 6.37. The molecule has 0 radical (unpaired) electrons. The fourth-order valence-electron chi connectivity index (χ4n) is 1.11. The van der Waals surface area contributed by atoms with Gasteiger partial charge in [-0.15, -0.1) is 0 Å². The van der Waals surface area contributed by atoms with Crippen molar-refractivity contribution in [2.24, 2.45) is 11.7 Å². The molecular weight excluding hydrogens is 291 g/mol. The van der Waals surface area contributed by atoms with Gasteiger partial charge in [0, 0.05) is 9.50 Å². The number of amides is 1. The quantitative estimate of drug-likeness (QED) is 0.902. The highest BCUT2D eigenvalue weighted by atomic mass is 79.9. The minimum absolute atomic E-state index is 0.0953. The molecule has 1 aromatic rings. The average molecular weight is 306 g/mol. The molecule has 3 N–H and O–H groups in total. The van der Waals surface area contributed by atoms with Gasteiger partial charge in [0.2, 0.25) is 5.91 Å². The minimum Gasteiger partial charge on any atom is -0.324 e. The van der Waals surface area contributed by atoms with Gasteiger partial charge in [-0.3, -0.25) is 4.79 Å². The smallest absolute Gasteiger partial charge is 0.241 e. The maximum atomic E-state index is 11.7. The van der Waals surface area contributed by atoms with Crippen molar-refractivity contribution in [3.05, 3.63) is 27.7 Å². The molecule has 1 aromatic carbocycles. The van der Waals surface area contributed by atoms with Crippen LogP contribution in [0.3, 0.4) is 0 Å². The zero-order valence-electron chi connectivity index (χ0n) is 9.13. The number of rotatable bonds is 3. The summed E-state index contributed by atoms with van der Waals surface area (Å²) in [5.74, 6) is -0.115. The van der Waals surface area contributed by atoms with E-state index < -0.39 is 6.04 Å². The summed E-state index contributed by atoms with van der Waals surface area (Å²) in [6.45, 7) is 3.80. The number of nitrogens with one attached hydrogen (secondary N) is 1. The van der Waals surface area contributed by atoms with Gasteiger partial charge in [0.15, 0.2) is 0 Å². The van der Waals surface area contributed by atoms with Gasteiger partial charge in [-0.2, -0.15) is 0 Å². The number of halogens is 2. The second-order valence-corrected chi connectivity index (χ2v) is 5.17. The topological polar surface area (TPSA) is 55.1 Å². The molecule has 1 atom stereocenters. The third-order valence-electron chi connectivity index (χ3n) is 2.21. The SMILES string of the molecule is CC(C)[C@H](N)C(=O)Nc1cc(Cl)ccc1Br. The predicted octanol–water partition coefficient (Wildman–Crippen LogP) is 3.02. The third kappa shape index (κ3) is 3.47. The van der Waals surface area contributed by atoms with Crippen molar-refractivity contribution in [1.29, 1.82) is 0 Å². The molecule has 1 amide bonds. The lowest BCUT2D eigenvalue weighted by atomic mass is 10.1. The van der Waals surface area contributed by atoms with Gasteiger partial charge >= 0.3 is 0 Å². The van der Waals surface area contributed by atoms with Crippen molar-refractivity contribution in [3.8, 4) is 0 Å². The van der Waals surface area contributed by atoms with E-state index in [0.29, 0.717) is 10.7 Å². The molecule has 5 heteroatoms. The van der Waals surface area contributed by atoms with Crippen LogP contribution in [-0.4, -0.2) is 11.9 Å². The summed E-state index contributed by atoms with van der Waals surface area (Å²) < 4.78 is 0.779. The van der Waals surface area contributed by atoms with E-state index in [0.717, 1.165) is 4.47 Å². The van der Waals surface area contributed by atoms with E-state index in [4.69, 9.17) is 17.3 Å². The molecule has 0 saturated carbocycles. The normalized spacial score (nSPS) is 12.6. The van der Waals surface area contributed by atoms with Crippen LogP contribution in [0.2, 0.25) is 5.02 Å². The average Bonchev–Trinajstić information content (AvgIpc) is 2.22. The number of carbonyl (C=O) groups is 1. The van der Waals surface area contributed by atoms with Crippen LogP contribution in [0, 0.1) is 5.92 Å². The predicted molar refractivity (Wildman–Crippen MR) is 70.6 cm³/mol. The van der Waals surface area contributed by atoms with Crippen LogP contribution in [0.5, 0.6) is 0 Å². The van der Waals surface area contributed by atoms with Crippen LogP contribution >= 0.6 is 27.5 Å². The number of benzene rings is 1. The molecule has 88 valence electrons. The zero-order chi connectivity index (χ0) is 12.3. The number of hydrogen-bond donors (Lipinski definition) is 2. The van der Waals surface area contributed by atoms with Crippen LogP contribution in [-0.2, 0) is 4.79 Å². The lowest BCUT2D eigenvalue weighted by Crippen LogP contribution is -2.39. The highest BCUT2D eigenvalue weighted by Crippen LogP contribution is 2.26. The fourth-order valence-corrected chi connectivity index (χ4v) is 1.63. The van der Waals surface area contributed by atoms with E-state index in [1.54, 1.807) is 18.2 Å². The van der Waals surface area contributed by atoms with E-state index in [2.05, 4.69) is 21.2 Å². The summed E-state index contributed by atoms with van der Waals surface area (Å²) in [4.78, 5) is 11.7. The van der Waals surface area contributed by atoms with E-state index in [9.17, 15) is 4.79 Å². The summed E-state index contributed by atoms with van der Waals surface area (Å²) in [7, 11) is 0. The second kappa shape index (κ2) is 5.66. The van der Waals surface area contributed by atoms with Crippen LogP contribution in [0.1, 0.15) is 13.8 Å². The number of nitrogens with two attached hydrogens (primary N) is 1. The Labute approximate surface area is 108 Å². The molecule has 0 aliphatic rings. The highest BCUT2D eigenvalue weighted by Gasteiger charge is 2.17. The first kappa shape index (κ1) is 13.5. The maximum Gasteiger partial charge on any atom is 0.241 e. The van der Waals surface area contributed by atoms with Crippen LogP contribution < -0.4 is 11.1 Å². The summed E-state index contributed by atoms with van der Waals surface area (Å²) in [5, 5.41) is 3.30. The monoisotopic (exact) mass is 304 g/mol. The molecule has 0 saturated heterocycles. The molecule has 0 bridgehead atoms. The van der Waals surface area contributed by atoms with Crippen molar-refractivity contribution in [2.45, 2.75) is 19.9 Å². The second-order valence-electron chi connectivity index (χ2n) is 3.88. The molecular formula is C11H14BrClN2O. The van der Waals surface area contributed by atoms with Gasteiger partial charge in [-0.25, -0.2) is 0 Å². The van der Waals surface area contributed by atoms with E-state index >= 15 is 0 Å². The van der Waals surface area contributed by atoms with Gasteiger partial charge in [0.25, 0.3) is 0 Å². The Morgan fingerprint density at radius 3 is 2.69 bits per heavy atom. The molecule has 0 aliphatic carbocycles. The molecule has 0 aromatic heterocycles. The van der Waals surface area contributed by atoms with Gasteiger partial charge in [0.1, 0.15) is 0 Å². The Bertz CT molecular complexity index is 396. The molecule has 16 heavy (non-hydrogen) atoms. The van der Waals surface area contributed by atoms with Crippen molar-refractivity contribution in [3.63, 3.8) is 0 Å². The highest BCUT2D eigenvalue weighted by molar-refractivity contribution is 9.10. The first-order valence-corrected chi connectivity index (χ1v) is 6.10. The minimum atomic E-state index is -0.522. The molecule has 3 nitrogen and oxygen atoms in total. The van der Waals surface area contributed by atoms with Crippen LogP contribution in [0.15, 0.2) is 22.7 Å². The maximum absolute atomic E-state index is 11.7. The van der Waals surface area contributed by atoms with E-state index in [1.165, 1.54) is 0 Å². The van der Waals surface area contributed by atoms with Crippen molar-refractivity contribution in [1.82, 2.24) is 0 Å². The first-order chi connectivity index (χ1) is 7.41. The molecule has 0 unspecified atom stereocenters. The van der Waals surface area contributed by atoms with E-state index in [-0.39, 0.29) is 11.8 Å². The standard InChI is InChI=1S/C11H14BrClN2O/c1-6(2)10(14)11(16)15-9-5-7(13)3-4-8(9)12/h3-6,10H,14H2,1-2H3,(H,15,16)/t10-/m0/s1. The lowest BCUT2D eigenvalue weighted by molar-refractivity contribution is -0.118. The van der Waals surface area contributed by atoms with Crippen LogP contribution in [0.4, 0.5) is 5.69 Å². The summed E-state index contributed by atoms with van der Waals surface area (Å²) >= 11 is 9.17.